The van der Waals surface area contributed by atoms with E-state index in [1.807, 2.05) is 0 Å². The molecule has 8 aromatic rings. The van der Waals surface area contributed by atoms with Crippen LogP contribution in [-0.4, -0.2) is 0 Å². The Labute approximate surface area is 317 Å². The minimum atomic E-state index is -0.523. The van der Waals surface area contributed by atoms with E-state index in [2.05, 4.69) is 218 Å². The lowest BCUT2D eigenvalue weighted by atomic mass is 9.64. The first-order chi connectivity index (χ1) is 26.6. The van der Waals surface area contributed by atoms with Gasteiger partial charge in [0.05, 0.1) is 16.8 Å². The van der Waals surface area contributed by atoms with Crippen LogP contribution in [-0.2, 0) is 10.8 Å². The van der Waals surface area contributed by atoms with Crippen LogP contribution in [0.5, 0.6) is 0 Å². The van der Waals surface area contributed by atoms with Crippen molar-refractivity contribution in [2.24, 2.45) is 0 Å². The first kappa shape index (κ1) is 30.9. The van der Waals surface area contributed by atoms with Crippen LogP contribution in [0.4, 0.5) is 34.1 Å². The van der Waals surface area contributed by atoms with Crippen LogP contribution < -0.4 is 9.80 Å². The molecular formula is C52H38N2. The van der Waals surface area contributed by atoms with Gasteiger partial charge in [-0.25, -0.2) is 0 Å². The Morgan fingerprint density at radius 1 is 0.352 bits per heavy atom. The van der Waals surface area contributed by atoms with Crippen LogP contribution >= 0.6 is 0 Å². The number of nitrogens with zero attached hydrogens (tertiary/aromatic N) is 2. The quantitative estimate of drug-likeness (QED) is 0.181. The van der Waals surface area contributed by atoms with E-state index in [4.69, 9.17) is 0 Å². The zero-order valence-corrected chi connectivity index (χ0v) is 30.4. The normalized spacial score (nSPS) is 14.7. The summed E-state index contributed by atoms with van der Waals surface area (Å²) in [6, 6.07) is 72.0. The molecule has 0 saturated heterocycles. The molecule has 8 aromatic carbocycles. The van der Waals surface area contributed by atoms with Crippen molar-refractivity contribution in [1.29, 1.82) is 0 Å². The fourth-order valence-electron chi connectivity index (χ4n) is 9.94. The average molecular weight is 691 g/mol. The van der Waals surface area contributed by atoms with Crippen molar-refractivity contribution in [3.63, 3.8) is 0 Å². The fourth-order valence-corrected chi connectivity index (χ4v) is 9.94. The van der Waals surface area contributed by atoms with Gasteiger partial charge in [-0.05, 0) is 116 Å². The smallest absolute Gasteiger partial charge is 0.0755 e. The molecular weight excluding hydrogens is 653 g/mol. The van der Waals surface area contributed by atoms with Crippen molar-refractivity contribution in [1.82, 2.24) is 0 Å². The SMILES string of the molecule is CC1(C)c2ccccc2-c2ccc(N(c3ccccc3)c3ccc4c(c3)C3(c5ccccc5-4)c4ccccc4N(c4ccccc4)c4ccccc43)cc21. The van der Waals surface area contributed by atoms with Gasteiger partial charge in [-0.2, -0.15) is 0 Å². The van der Waals surface area contributed by atoms with Crippen molar-refractivity contribution in [3.8, 4) is 22.3 Å². The summed E-state index contributed by atoms with van der Waals surface area (Å²) in [6.07, 6.45) is 0. The van der Waals surface area contributed by atoms with Crippen LogP contribution in [0.25, 0.3) is 22.3 Å². The third-order valence-corrected chi connectivity index (χ3v) is 12.2. The molecule has 0 atom stereocenters. The third-order valence-electron chi connectivity index (χ3n) is 12.2. The molecule has 1 spiro atoms. The summed E-state index contributed by atoms with van der Waals surface area (Å²) in [5.74, 6) is 0. The second kappa shape index (κ2) is 11.4. The Balaban J connectivity index is 1.18. The van der Waals surface area contributed by atoms with Gasteiger partial charge in [0.15, 0.2) is 0 Å². The van der Waals surface area contributed by atoms with Gasteiger partial charge < -0.3 is 9.80 Å². The molecule has 0 saturated carbocycles. The summed E-state index contributed by atoms with van der Waals surface area (Å²) < 4.78 is 0. The van der Waals surface area contributed by atoms with Crippen molar-refractivity contribution in [2.45, 2.75) is 24.7 Å². The lowest BCUT2D eigenvalue weighted by molar-refractivity contribution is 0.660. The molecule has 11 rings (SSSR count). The van der Waals surface area contributed by atoms with Crippen molar-refractivity contribution < 1.29 is 0 Å². The summed E-state index contributed by atoms with van der Waals surface area (Å²) >= 11 is 0. The van der Waals surface area contributed by atoms with Crippen molar-refractivity contribution in [3.05, 3.63) is 228 Å². The first-order valence-electron chi connectivity index (χ1n) is 18.9. The lowest BCUT2D eigenvalue weighted by Crippen LogP contribution is -2.36. The van der Waals surface area contributed by atoms with Crippen LogP contribution in [0.1, 0.15) is 47.2 Å². The lowest BCUT2D eigenvalue weighted by Gasteiger charge is -2.45. The van der Waals surface area contributed by atoms with Gasteiger partial charge in [0.25, 0.3) is 0 Å². The molecule has 0 aromatic heterocycles. The second-order valence-corrected chi connectivity index (χ2v) is 15.3. The number of anilines is 6. The summed E-state index contributed by atoms with van der Waals surface area (Å²) in [5.41, 5.74) is 19.6. The van der Waals surface area contributed by atoms with Crippen LogP contribution in [0.15, 0.2) is 194 Å². The maximum Gasteiger partial charge on any atom is 0.0755 e. The molecule has 3 aliphatic rings. The van der Waals surface area contributed by atoms with E-state index in [-0.39, 0.29) is 5.41 Å². The number of fused-ring (bicyclic) bond motifs is 12. The third kappa shape index (κ3) is 4.11. The summed E-state index contributed by atoms with van der Waals surface area (Å²) in [4.78, 5) is 4.90. The maximum absolute atomic E-state index is 2.49. The highest BCUT2D eigenvalue weighted by Gasteiger charge is 2.52. The van der Waals surface area contributed by atoms with E-state index >= 15 is 0 Å². The molecule has 0 unspecified atom stereocenters. The molecule has 0 radical (unpaired) electrons. The number of benzene rings is 8. The predicted octanol–water partition coefficient (Wildman–Crippen LogP) is 13.6. The highest BCUT2D eigenvalue weighted by molar-refractivity contribution is 5.97. The Hall–Kier alpha value is -6.64. The maximum atomic E-state index is 2.49. The van der Waals surface area contributed by atoms with Gasteiger partial charge >= 0.3 is 0 Å². The first-order valence-corrected chi connectivity index (χ1v) is 18.9. The minimum Gasteiger partial charge on any atom is -0.310 e. The van der Waals surface area contributed by atoms with Gasteiger partial charge in [0.1, 0.15) is 0 Å². The largest absolute Gasteiger partial charge is 0.310 e. The van der Waals surface area contributed by atoms with Crippen LogP contribution in [0.3, 0.4) is 0 Å². The Kier molecular flexibility index (Phi) is 6.55. The van der Waals surface area contributed by atoms with E-state index in [9.17, 15) is 0 Å². The number of para-hydroxylation sites is 4. The molecule has 1 heterocycles. The molecule has 0 N–H and O–H groups in total. The van der Waals surface area contributed by atoms with Crippen molar-refractivity contribution >= 4 is 34.1 Å². The average Bonchev–Trinajstić information content (AvgIpc) is 3.64. The Bertz CT molecular complexity index is 2710. The molecule has 1 aliphatic heterocycles. The highest BCUT2D eigenvalue weighted by Crippen LogP contribution is 2.64. The molecule has 0 bridgehead atoms. The standard InChI is InChI=1S/C52H38N2/c1-51(2)43-23-11-9-21-39(43)41-31-29-37(33-47(41)51)53(35-17-5-3-6-18-35)38-30-32-42-40-22-10-12-24-44(40)52(48(42)34-38)45-25-13-15-27-49(45)54(36-19-7-4-8-20-36)50-28-16-14-26-46(50)52/h3-34H,1-2H3. The molecule has 54 heavy (non-hydrogen) atoms. The number of rotatable bonds is 4. The second-order valence-electron chi connectivity index (χ2n) is 15.3. The Morgan fingerprint density at radius 2 is 0.796 bits per heavy atom. The highest BCUT2D eigenvalue weighted by atomic mass is 15.2. The summed E-state index contributed by atoms with van der Waals surface area (Å²) in [7, 11) is 0. The van der Waals surface area contributed by atoms with Gasteiger partial charge in [0.2, 0.25) is 0 Å². The zero-order valence-electron chi connectivity index (χ0n) is 30.4. The van der Waals surface area contributed by atoms with Crippen LogP contribution in [0.2, 0.25) is 0 Å². The van der Waals surface area contributed by atoms with E-state index in [0.29, 0.717) is 0 Å². The predicted molar refractivity (Wildman–Crippen MR) is 224 cm³/mol. The summed E-state index contributed by atoms with van der Waals surface area (Å²) in [6.45, 7) is 4.72. The van der Waals surface area contributed by atoms with Gasteiger partial charge in [0, 0.05) is 28.2 Å². The molecule has 0 amide bonds. The monoisotopic (exact) mass is 690 g/mol. The molecule has 2 nitrogen and oxygen atoms in total. The summed E-state index contributed by atoms with van der Waals surface area (Å²) in [5, 5.41) is 0. The van der Waals surface area contributed by atoms with Crippen LogP contribution in [0, 0.1) is 0 Å². The Morgan fingerprint density at radius 3 is 1.43 bits per heavy atom. The van der Waals surface area contributed by atoms with Gasteiger partial charge in [-0.3, -0.25) is 0 Å². The van der Waals surface area contributed by atoms with Gasteiger partial charge in [-0.15, -0.1) is 0 Å². The molecule has 2 heteroatoms. The topological polar surface area (TPSA) is 6.48 Å². The number of hydrogen-bond donors (Lipinski definition) is 0. The molecule has 256 valence electrons. The molecule has 0 fully saturated rings. The van der Waals surface area contributed by atoms with E-state index < -0.39 is 5.41 Å². The van der Waals surface area contributed by atoms with E-state index in [1.165, 1.54) is 67.0 Å². The number of hydrogen-bond acceptors (Lipinski definition) is 2. The van der Waals surface area contributed by atoms with Crippen molar-refractivity contribution in [2.75, 3.05) is 9.80 Å². The van der Waals surface area contributed by atoms with E-state index in [0.717, 1.165) is 22.7 Å². The minimum absolute atomic E-state index is 0.103. The van der Waals surface area contributed by atoms with E-state index in [1.54, 1.807) is 0 Å². The molecule has 2 aliphatic carbocycles. The van der Waals surface area contributed by atoms with Gasteiger partial charge in [-0.1, -0.05) is 147 Å². The fraction of sp³-hybridized carbons (Fsp3) is 0.0769. The zero-order chi connectivity index (χ0) is 36.0.